The van der Waals surface area contributed by atoms with Gasteiger partial charge in [0.2, 0.25) is 0 Å². The molecule has 2 rings (SSSR count). The molecule has 0 saturated heterocycles. The summed E-state index contributed by atoms with van der Waals surface area (Å²) in [5, 5.41) is 13.3. The minimum Gasteiger partial charge on any atom is -0.496 e. The van der Waals surface area contributed by atoms with E-state index in [0.717, 1.165) is 6.42 Å². The lowest BCUT2D eigenvalue weighted by Crippen LogP contribution is -2.22. The molecule has 8 heteroatoms. The number of nitrogens with one attached hydrogen (secondary N) is 1. The van der Waals surface area contributed by atoms with Gasteiger partial charge in [-0.2, -0.15) is 0 Å². The molecule has 0 unspecified atom stereocenters. The summed E-state index contributed by atoms with van der Waals surface area (Å²) < 4.78 is 9.77. The second-order valence-electron chi connectivity index (χ2n) is 5.12. The molecule has 0 heterocycles. The van der Waals surface area contributed by atoms with Crippen LogP contribution in [0.25, 0.3) is 0 Å². The minimum absolute atomic E-state index is 0.0200. The highest BCUT2D eigenvalue weighted by atomic mass is 16.6. The van der Waals surface area contributed by atoms with Crippen LogP contribution in [-0.4, -0.2) is 30.5 Å². The van der Waals surface area contributed by atoms with E-state index in [-0.39, 0.29) is 17.3 Å². The highest BCUT2D eigenvalue weighted by Gasteiger charge is 2.40. The van der Waals surface area contributed by atoms with Crippen LogP contribution in [0.5, 0.6) is 5.75 Å². The first-order chi connectivity index (χ1) is 10.4. The number of methoxy groups -OCH3 is 1. The van der Waals surface area contributed by atoms with E-state index >= 15 is 0 Å². The number of anilines is 1. The van der Waals surface area contributed by atoms with Crippen LogP contribution in [0.2, 0.25) is 0 Å². The van der Waals surface area contributed by atoms with Gasteiger partial charge in [0.25, 0.3) is 11.6 Å². The molecule has 1 aromatic carbocycles. The van der Waals surface area contributed by atoms with Gasteiger partial charge in [-0.3, -0.25) is 19.7 Å². The van der Waals surface area contributed by atoms with Crippen LogP contribution in [-0.2, 0) is 14.3 Å². The molecule has 1 amide bonds. The van der Waals surface area contributed by atoms with E-state index in [4.69, 9.17) is 9.47 Å². The van der Waals surface area contributed by atoms with Crippen molar-refractivity contribution in [2.75, 3.05) is 19.0 Å². The van der Waals surface area contributed by atoms with Crippen LogP contribution in [0, 0.1) is 22.0 Å². The second kappa shape index (κ2) is 6.42. The fraction of sp³-hybridized carbons (Fsp3) is 0.429. The Bertz CT molecular complexity index is 615. The van der Waals surface area contributed by atoms with Crippen LogP contribution in [0.3, 0.4) is 0 Å². The van der Waals surface area contributed by atoms with Crippen molar-refractivity contribution in [1.82, 2.24) is 0 Å². The molecule has 1 aliphatic rings. The molecule has 2 atom stereocenters. The number of nitrogens with zero attached hydrogens (tertiary/aromatic N) is 1. The molecule has 8 nitrogen and oxygen atoms in total. The molecule has 1 aliphatic carbocycles. The minimum atomic E-state index is -0.630. The quantitative estimate of drug-likeness (QED) is 0.487. The van der Waals surface area contributed by atoms with Gasteiger partial charge in [-0.15, -0.1) is 0 Å². The zero-order valence-electron chi connectivity index (χ0n) is 12.2. The number of nitro groups is 1. The van der Waals surface area contributed by atoms with Gasteiger partial charge in [-0.05, 0) is 24.5 Å². The maximum Gasteiger partial charge on any atom is 0.309 e. The average Bonchev–Trinajstić information content (AvgIpc) is 3.22. The Labute approximate surface area is 126 Å². The molecule has 1 saturated carbocycles. The standard InChI is InChI=1S/C14H16N2O6/c1-8-5-10(8)14(18)22-7-13(17)15-11-4-3-9(21-2)6-12(11)16(19)20/h3-4,6,8,10H,5,7H2,1-2H3,(H,15,17)/t8-,10-/m1/s1. The molecular weight excluding hydrogens is 292 g/mol. The number of hydrogen-bond acceptors (Lipinski definition) is 6. The molecule has 1 aromatic rings. The largest absolute Gasteiger partial charge is 0.496 e. The summed E-state index contributed by atoms with van der Waals surface area (Å²) in [5.41, 5.74) is -0.276. The van der Waals surface area contributed by atoms with Gasteiger partial charge >= 0.3 is 5.97 Å². The zero-order valence-corrected chi connectivity index (χ0v) is 12.2. The maximum absolute atomic E-state index is 11.7. The van der Waals surface area contributed by atoms with Crippen molar-refractivity contribution >= 4 is 23.3 Å². The van der Waals surface area contributed by atoms with Crippen molar-refractivity contribution < 1.29 is 24.0 Å². The van der Waals surface area contributed by atoms with Crippen molar-refractivity contribution in [2.45, 2.75) is 13.3 Å². The van der Waals surface area contributed by atoms with Crippen molar-refractivity contribution in [3.63, 3.8) is 0 Å². The smallest absolute Gasteiger partial charge is 0.309 e. The van der Waals surface area contributed by atoms with E-state index in [9.17, 15) is 19.7 Å². The number of hydrogen-bond donors (Lipinski definition) is 1. The van der Waals surface area contributed by atoms with Crippen LogP contribution in [0.15, 0.2) is 18.2 Å². The van der Waals surface area contributed by atoms with Crippen molar-refractivity contribution in [1.29, 1.82) is 0 Å². The highest BCUT2D eigenvalue weighted by molar-refractivity contribution is 5.95. The summed E-state index contributed by atoms with van der Waals surface area (Å²) in [5.74, 6) is -0.581. The van der Waals surface area contributed by atoms with Gasteiger partial charge in [0.15, 0.2) is 6.61 Å². The van der Waals surface area contributed by atoms with Gasteiger partial charge in [0, 0.05) is 0 Å². The third kappa shape index (κ3) is 3.72. The molecule has 22 heavy (non-hydrogen) atoms. The lowest BCUT2D eigenvalue weighted by Gasteiger charge is -2.08. The third-order valence-electron chi connectivity index (χ3n) is 3.43. The Morgan fingerprint density at radius 3 is 2.68 bits per heavy atom. The number of nitro benzene ring substituents is 1. The zero-order chi connectivity index (χ0) is 16.3. The Kier molecular flexibility index (Phi) is 4.59. The average molecular weight is 308 g/mol. The van der Waals surface area contributed by atoms with E-state index in [1.165, 1.54) is 25.3 Å². The fourth-order valence-corrected chi connectivity index (χ4v) is 1.98. The molecule has 0 aromatic heterocycles. The molecule has 0 radical (unpaired) electrons. The second-order valence-corrected chi connectivity index (χ2v) is 5.12. The molecule has 0 aliphatic heterocycles. The van der Waals surface area contributed by atoms with Crippen LogP contribution >= 0.6 is 0 Å². The number of carbonyl (C=O) groups is 2. The van der Waals surface area contributed by atoms with Crippen LogP contribution < -0.4 is 10.1 Å². The molecule has 0 bridgehead atoms. The molecule has 0 spiro atoms. The van der Waals surface area contributed by atoms with Crippen molar-refractivity contribution in [2.24, 2.45) is 11.8 Å². The first-order valence-electron chi connectivity index (χ1n) is 6.71. The number of carbonyl (C=O) groups excluding carboxylic acids is 2. The van der Waals surface area contributed by atoms with Crippen LogP contribution in [0.1, 0.15) is 13.3 Å². The summed E-state index contributed by atoms with van der Waals surface area (Å²) in [7, 11) is 1.38. The summed E-state index contributed by atoms with van der Waals surface area (Å²) in [4.78, 5) is 33.6. The molecule has 1 fully saturated rings. The molecular formula is C14H16N2O6. The first-order valence-corrected chi connectivity index (χ1v) is 6.71. The number of ether oxygens (including phenoxy) is 2. The third-order valence-corrected chi connectivity index (χ3v) is 3.43. The maximum atomic E-state index is 11.7. The lowest BCUT2D eigenvalue weighted by atomic mass is 10.2. The number of rotatable bonds is 6. The predicted molar refractivity (Wildman–Crippen MR) is 76.5 cm³/mol. The summed E-state index contributed by atoms with van der Waals surface area (Å²) >= 11 is 0. The number of esters is 1. The van der Waals surface area contributed by atoms with E-state index < -0.39 is 23.4 Å². The molecule has 1 N–H and O–H groups in total. The Morgan fingerprint density at radius 1 is 1.45 bits per heavy atom. The predicted octanol–water partition coefficient (Wildman–Crippen LogP) is 1.74. The van der Waals surface area contributed by atoms with Gasteiger partial charge in [0.1, 0.15) is 11.4 Å². The van der Waals surface area contributed by atoms with Gasteiger partial charge in [-0.1, -0.05) is 6.92 Å². The summed E-state index contributed by atoms with van der Waals surface area (Å²) in [6.45, 7) is 1.46. The SMILES string of the molecule is COc1ccc(NC(=O)COC(=O)[C@@H]2C[C@H]2C)c([N+](=O)[O-])c1. The van der Waals surface area contributed by atoms with Crippen molar-refractivity contribution in [3.05, 3.63) is 28.3 Å². The summed E-state index contributed by atoms with van der Waals surface area (Å²) in [6, 6.07) is 4.05. The Balaban J connectivity index is 1.96. The van der Waals surface area contributed by atoms with Gasteiger partial charge in [-0.25, -0.2) is 0 Å². The highest BCUT2D eigenvalue weighted by Crippen LogP contribution is 2.38. The molecule has 118 valence electrons. The van der Waals surface area contributed by atoms with Gasteiger partial charge in [0.05, 0.1) is 24.0 Å². The Hall–Kier alpha value is -2.64. The fourth-order valence-electron chi connectivity index (χ4n) is 1.98. The van der Waals surface area contributed by atoms with Crippen molar-refractivity contribution in [3.8, 4) is 5.75 Å². The first kappa shape index (κ1) is 15.7. The number of amides is 1. The van der Waals surface area contributed by atoms with E-state index in [1.54, 1.807) is 0 Å². The van der Waals surface area contributed by atoms with Crippen LogP contribution in [0.4, 0.5) is 11.4 Å². The van der Waals surface area contributed by atoms with E-state index in [0.29, 0.717) is 11.7 Å². The number of benzene rings is 1. The topological polar surface area (TPSA) is 108 Å². The van der Waals surface area contributed by atoms with Gasteiger partial charge < -0.3 is 14.8 Å². The normalized spacial score (nSPS) is 19.2. The van der Waals surface area contributed by atoms with E-state index in [2.05, 4.69) is 5.32 Å². The Morgan fingerprint density at radius 2 is 2.14 bits per heavy atom. The monoisotopic (exact) mass is 308 g/mol. The van der Waals surface area contributed by atoms with E-state index in [1.807, 2.05) is 6.92 Å². The summed E-state index contributed by atoms with van der Waals surface area (Å²) in [6.07, 6.45) is 0.768. The lowest BCUT2D eigenvalue weighted by molar-refractivity contribution is -0.384.